The molecule has 124 valence electrons. The number of carbonyl (C=O) groups excluding carboxylic acids is 1. The Morgan fingerprint density at radius 3 is 2.91 bits per heavy atom. The molecular weight excluding hydrogens is 344 g/mol. The molecule has 1 amide bonds. The maximum absolute atomic E-state index is 12.3. The number of halogens is 1. The smallest absolute Gasteiger partial charge is 0.410 e. The first-order chi connectivity index (χ1) is 10.2. The highest BCUT2D eigenvalue weighted by Gasteiger charge is 2.33. The van der Waals surface area contributed by atoms with Gasteiger partial charge in [-0.25, -0.2) is 9.78 Å². The van der Waals surface area contributed by atoms with Gasteiger partial charge in [0.15, 0.2) is 4.47 Å². The monoisotopic (exact) mass is 364 g/mol. The van der Waals surface area contributed by atoms with Crippen LogP contribution in [0.3, 0.4) is 0 Å². The number of ether oxygens (including phenoxy) is 1. The lowest BCUT2D eigenvalue weighted by Gasteiger charge is -2.28. The first-order valence-corrected chi connectivity index (χ1v) is 9.87. The third-order valence-electron chi connectivity index (χ3n) is 3.21. The van der Waals surface area contributed by atoms with E-state index in [0.29, 0.717) is 22.5 Å². The minimum absolute atomic E-state index is 0.0147. The summed E-state index contributed by atoms with van der Waals surface area (Å²) in [6.07, 6.45) is 3.14. The SMILES string of the molecule is CC(C)(C)OC(=O)N1CCC[C@@H]1C[S@@](=O)Cc1cnc(Cl)s1. The molecular formula is C14H21ClN2O3S2. The maximum Gasteiger partial charge on any atom is 0.410 e. The number of nitrogens with zero attached hydrogens (tertiary/aromatic N) is 2. The van der Waals surface area contributed by atoms with Gasteiger partial charge in [-0.05, 0) is 33.6 Å². The van der Waals surface area contributed by atoms with Crippen molar-refractivity contribution in [1.82, 2.24) is 9.88 Å². The Morgan fingerprint density at radius 1 is 1.59 bits per heavy atom. The van der Waals surface area contributed by atoms with E-state index in [2.05, 4.69) is 4.98 Å². The van der Waals surface area contributed by atoms with Crippen LogP contribution in [0.4, 0.5) is 4.79 Å². The molecule has 1 aromatic rings. The average molecular weight is 365 g/mol. The van der Waals surface area contributed by atoms with Crippen molar-refractivity contribution in [2.24, 2.45) is 0 Å². The number of rotatable bonds is 4. The average Bonchev–Trinajstić information content (AvgIpc) is 2.96. The number of thiazole rings is 1. The van der Waals surface area contributed by atoms with E-state index in [1.165, 1.54) is 11.3 Å². The van der Waals surface area contributed by atoms with E-state index < -0.39 is 16.4 Å². The van der Waals surface area contributed by atoms with Gasteiger partial charge in [-0.2, -0.15) is 0 Å². The second kappa shape index (κ2) is 7.27. The van der Waals surface area contributed by atoms with E-state index in [0.717, 1.165) is 17.7 Å². The molecule has 1 fully saturated rings. The summed E-state index contributed by atoms with van der Waals surface area (Å²) in [6.45, 7) is 6.22. The van der Waals surface area contributed by atoms with Crippen LogP contribution in [0.5, 0.6) is 0 Å². The van der Waals surface area contributed by atoms with Crippen molar-refractivity contribution in [3.63, 3.8) is 0 Å². The van der Waals surface area contributed by atoms with Crippen LogP contribution in [0.1, 0.15) is 38.5 Å². The Kier molecular flexibility index (Phi) is 5.85. The Morgan fingerprint density at radius 2 is 2.32 bits per heavy atom. The Labute approximate surface area is 142 Å². The second-order valence-electron chi connectivity index (χ2n) is 6.30. The highest BCUT2D eigenvalue weighted by atomic mass is 35.5. The second-order valence-corrected chi connectivity index (χ2v) is 9.50. The van der Waals surface area contributed by atoms with Crippen LogP contribution in [0.15, 0.2) is 6.20 Å². The molecule has 8 heteroatoms. The van der Waals surface area contributed by atoms with Crippen LogP contribution in [-0.2, 0) is 21.3 Å². The molecule has 0 spiro atoms. The molecule has 0 unspecified atom stereocenters. The number of aromatic nitrogens is 1. The van der Waals surface area contributed by atoms with Gasteiger partial charge in [0.2, 0.25) is 0 Å². The molecule has 5 nitrogen and oxygen atoms in total. The fraction of sp³-hybridized carbons (Fsp3) is 0.714. The number of likely N-dealkylation sites (tertiary alicyclic amines) is 1. The van der Waals surface area contributed by atoms with Crippen LogP contribution < -0.4 is 0 Å². The summed E-state index contributed by atoms with van der Waals surface area (Å²) in [6, 6.07) is -0.0147. The fourth-order valence-corrected chi connectivity index (χ4v) is 5.04. The van der Waals surface area contributed by atoms with Gasteiger partial charge in [-0.3, -0.25) is 4.21 Å². The molecule has 0 aliphatic carbocycles. The van der Waals surface area contributed by atoms with E-state index in [9.17, 15) is 9.00 Å². The molecule has 2 rings (SSSR count). The summed E-state index contributed by atoms with van der Waals surface area (Å²) in [7, 11) is -1.05. The number of carbonyl (C=O) groups is 1. The van der Waals surface area contributed by atoms with E-state index in [-0.39, 0.29) is 12.1 Å². The van der Waals surface area contributed by atoms with Crippen LogP contribution in [0, 0.1) is 0 Å². The van der Waals surface area contributed by atoms with Crippen LogP contribution >= 0.6 is 22.9 Å². The molecule has 0 bridgehead atoms. The fourth-order valence-electron chi connectivity index (χ4n) is 2.35. The van der Waals surface area contributed by atoms with Gasteiger partial charge in [-0.1, -0.05) is 11.6 Å². The maximum atomic E-state index is 12.3. The predicted octanol–water partition coefficient (Wildman–Crippen LogP) is 3.44. The molecule has 1 aliphatic rings. The molecule has 1 saturated heterocycles. The van der Waals surface area contributed by atoms with Crippen molar-refractivity contribution in [3.8, 4) is 0 Å². The quantitative estimate of drug-likeness (QED) is 0.821. The third kappa shape index (κ3) is 5.21. The predicted molar refractivity (Wildman–Crippen MR) is 89.8 cm³/mol. The van der Waals surface area contributed by atoms with Crippen molar-refractivity contribution < 1.29 is 13.7 Å². The highest BCUT2D eigenvalue weighted by Crippen LogP contribution is 2.23. The van der Waals surface area contributed by atoms with E-state index >= 15 is 0 Å². The standard InChI is InChI=1S/C14H21ClN2O3S2/c1-14(2,3)20-13(18)17-6-4-5-10(17)8-22(19)9-11-7-16-12(15)21-11/h7,10H,4-6,8-9H2,1-3H3/t10-,22-/m1/s1. The lowest BCUT2D eigenvalue weighted by molar-refractivity contribution is 0.0241. The van der Waals surface area contributed by atoms with Gasteiger partial charge < -0.3 is 9.64 Å². The summed E-state index contributed by atoms with van der Waals surface area (Å²) in [5.41, 5.74) is -0.511. The van der Waals surface area contributed by atoms with E-state index in [1.807, 2.05) is 20.8 Å². The van der Waals surface area contributed by atoms with Crippen molar-refractivity contribution in [2.45, 2.75) is 51.0 Å². The molecule has 0 aromatic carbocycles. The molecule has 2 heterocycles. The number of hydrogen-bond acceptors (Lipinski definition) is 5. The van der Waals surface area contributed by atoms with Crippen molar-refractivity contribution in [2.75, 3.05) is 12.3 Å². The molecule has 0 N–H and O–H groups in total. The van der Waals surface area contributed by atoms with Crippen LogP contribution in [-0.4, -0.2) is 44.1 Å². The zero-order valence-corrected chi connectivity index (χ0v) is 15.4. The molecule has 22 heavy (non-hydrogen) atoms. The lowest BCUT2D eigenvalue weighted by atomic mass is 10.2. The molecule has 0 radical (unpaired) electrons. The van der Waals surface area contributed by atoms with Crippen molar-refractivity contribution >= 4 is 39.8 Å². The lowest BCUT2D eigenvalue weighted by Crippen LogP contribution is -2.42. The minimum Gasteiger partial charge on any atom is -0.444 e. The number of amides is 1. The first kappa shape index (κ1) is 17.7. The van der Waals surface area contributed by atoms with Gasteiger partial charge in [0.1, 0.15) is 5.60 Å². The zero-order chi connectivity index (χ0) is 16.3. The van der Waals surface area contributed by atoms with Gasteiger partial charge >= 0.3 is 6.09 Å². The van der Waals surface area contributed by atoms with Crippen molar-refractivity contribution in [1.29, 1.82) is 0 Å². The minimum atomic E-state index is -1.05. The summed E-state index contributed by atoms with van der Waals surface area (Å²) in [5.74, 6) is 0.901. The Hall–Kier alpha value is -0.660. The topological polar surface area (TPSA) is 59.5 Å². The van der Waals surface area contributed by atoms with Crippen LogP contribution in [0.25, 0.3) is 0 Å². The largest absolute Gasteiger partial charge is 0.444 e. The third-order valence-corrected chi connectivity index (χ3v) is 5.90. The van der Waals surface area contributed by atoms with Gasteiger partial charge in [0, 0.05) is 40.2 Å². The molecule has 0 saturated carbocycles. The van der Waals surface area contributed by atoms with Crippen LogP contribution in [0.2, 0.25) is 4.47 Å². The first-order valence-electron chi connectivity index (χ1n) is 7.19. The van der Waals surface area contributed by atoms with E-state index in [1.54, 1.807) is 11.1 Å². The number of hydrogen-bond donors (Lipinski definition) is 0. The normalized spacial score (nSPS) is 20.2. The van der Waals surface area contributed by atoms with Crippen molar-refractivity contribution in [3.05, 3.63) is 15.5 Å². The summed E-state index contributed by atoms with van der Waals surface area (Å²) in [4.78, 5) is 18.8. The molecule has 1 aromatic heterocycles. The summed E-state index contributed by atoms with van der Waals surface area (Å²) < 4.78 is 18.2. The van der Waals surface area contributed by atoms with Gasteiger partial charge in [0.25, 0.3) is 0 Å². The molecule has 2 atom stereocenters. The van der Waals surface area contributed by atoms with E-state index in [4.69, 9.17) is 16.3 Å². The summed E-state index contributed by atoms with van der Waals surface area (Å²) in [5, 5.41) is 0. The highest BCUT2D eigenvalue weighted by molar-refractivity contribution is 7.84. The van der Waals surface area contributed by atoms with Gasteiger partial charge in [0.05, 0.1) is 5.75 Å². The molecule has 1 aliphatic heterocycles. The Bertz CT molecular complexity index is 557. The Balaban J connectivity index is 1.90. The van der Waals surface area contributed by atoms with Gasteiger partial charge in [-0.15, -0.1) is 11.3 Å². The summed E-state index contributed by atoms with van der Waals surface area (Å²) >= 11 is 7.12. The zero-order valence-electron chi connectivity index (χ0n) is 13.0.